The molecule has 0 amide bonds. The number of unbranched alkanes of at least 4 members (excludes halogenated alkanes) is 36. The lowest BCUT2D eigenvalue weighted by molar-refractivity contribution is -0.167. The third-order valence-electron chi connectivity index (χ3n) is 14.6. The van der Waals surface area contributed by atoms with Crippen molar-refractivity contribution < 1.29 is 28.6 Å². The fourth-order valence-electron chi connectivity index (χ4n) is 9.69. The molecule has 0 saturated carbocycles. The molecule has 0 aliphatic heterocycles. The molecule has 0 aromatic rings. The Morgan fingerprint density at radius 2 is 0.500 bits per heavy atom. The van der Waals surface area contributed by atoms with E-state index in [1.54, 1.807) is 0 Å². The summed E-state index contributed by atoms with van der Waals surface area (Å²) in [5.41, 5.74) is 0. The average Bonchev–Trinajstić information content (AvgIpc) is 3.44. The van der Waals surface area contributed by atoms with E-state index in [0.717, 1.165) is 128 Å². The Hall–Kier alpha value is -3.41. The topological polar surface area (TPSA) is 78.9 Å². The second-order valence-electron chi connectivity index (χ2n) is 22.3. The largest absolute Gasteiger partial charge is 0.462 e. The van der Waals surface area contributed by atoms with Crippen LogP contribution in [0.5, 0.6) is 0 Å². The van der Waals surface area contributed by atoms with Crippen molar-refractivity contribution in [3.63, 3.8) is 0 Å². The Balaban J connectivity index is 4.33. The van der Waals surface area contributed by atoms with Crippen molar-refractivity contribution in [2.24, 2.45) is 0 Å². The van der Waals surface area contributed by atoms with Gasteiger partial charge in [0.2, 0.25) is 0 Å². The first-order valence-electron chi connectivity index (χ1n) is 33.6. The van der Waals surface area contributed by atoms with Gasteiger partial charge < -0.3 is 14.2 Å². The molecule has 6 nitrogen and oxygen atoms in total. The van der Waals surface area contributed by atoms with Gasteiger partial charge in [0.1, 0.15) is 13.2 Å². The molecule has 6 heteroatoms. The van der Waals surface area contributed by atoms with Crippen molar-refractivity contribution in [3.05, 3.63) is 85.1 Å². The zero-order chi connectivity index (χ0) is 56.4. The van der Waals surface area contributed by atoms with Crippen LogP contribution >= 0.6 is 0 Å². The third-order valence-corrected chi connectivity index (χ3v) is 14.6. The summed E-state index contributed by atoms with van der Waals surface area (Å²) in [7, 11) is 0. The lowest BCUT2D eigenvalue weighted by atomic mass is 10.0. The zero-order valence-electron chi connectivity index (χ0n) is 51.7. The van der Waals surface area contributed by atoms with Crippen molar-refractivity contribution in [2.45, 2.75) is 341 Å². The van der Waals surface area contributed by atoms with Crippen LogP contribution in [-0.4, -0.2) is 37.2 Å². The first-order chi connectivity index (χ1) is 38.5. The highest BCUT2D eigenvalue weighted by Crippen LogP contribution is 2.18. The van der Waals surface area contributed by atoms with E-state index in [9.17, 15) is 14.4 Å². The number of esters is 3. The molecular formula is C72H126O6. The highest BCUT2D eigenvalue weighted by molar-refractivity contribution is 5.71. The summed E-state index contributed by atoms with van der Waals surface area (Å²) in [6.07, 6.45) is 87.4. The molecule has 0 saturated heterocycles. The maximum atomic E-state index is 12.9. The lowest BCUT2D eigenvalue weighted by Gasteiger charge is -2.18. The van der Waals surface area contributed by atoms with Crippen molar-refractivity contribution in [1.29, 1.82) is 0 Å². The number of carbonyl (C=O) groups is 3. The number of allylic oxidation sites excluding steroid dienone is 14. The van der Waals surface area contributed by atoms with Gasteiger partial charge in [0, 0.05) is 19.3 Å². The van der Waals surface area contributed by atoms with Crippen LogP contribution in [0, 0.1) is 0 Å². The summed E-state index contributed by atoms with van der Waals surface area (Å²) in [5, 5.41) is 0. The monoisotopic (exact) mass is 1090 g/mol. The van der Waals surface area contributed by atoms with Crippen LogP contribution in [-0.2, 0) is 28.6 Å². The maximum absolute atomic E-state index is 12.9. The quantitative estimate of drug-likeness (QED) is 0.0261. The summed E-state index contributed by atoms with van der Waals surface area (Å²) in [4.78, 5) is 38.4. The summed E-state index contributed by atoms with van der Waals surface area (Å²) in [5.74, 6) is -0.892. The molecule has 0 N–H and O–H groups in total. The predicted molar refractivity (Wildman–Crippen MR) is 339 cm³/mol. The maximum Gasteiger partial charge on any atom is 0.306 e. The molecule has 1 unspecified atom stereocenters. The van der Waals surface area contributed by atoms with Gasteiger partial charge in [-0.2, -0.15) is 0 Å². The SMILES string of the molecule is CC/C=C\C/C=C\C/C=C\C/C=C\CCCCCCCCCCC(=O)OC(COC(=O)CCCCCCC/C=C\C/C=C\C/C=C\CC)COC(=O)CCCCCCCCCCCCCCCCCCCCCCCCCC. The van der Waals surface area contributed by atoms with Crippen LogP contribution in [0.2, 0.25) is 0 Å². The van der Waals surface area contributed by atoms with Crippen LogP contribution in [0.1, 0.15) is 335 Å². The van der Waals surface area contributed by atoms with E-state index < -0.39 is 6.10 Å². The first kappa shape index (κ1) is 74.6. The number of rotatable bonds is 61. The smallest absolute Gasteiger partial charge is 0.306 e. The minimum Gasteiger partial charge on any atom is -0.462 e. The minimum atomic E-state index is -0.789. The average molecular weight is 1090 g/mol. The van der Waals surface area contributed by atoms with E-state index in [4.69, 9.17) is 14.2 Å². The highest BCUT2D eigenvalue weighted by atomic mass is 16.6. The zero-order valence-corrected chi connectivity index (χ0v) is 51.7. The Labute approximate surface area is 484 Å². The summed E-state index contributed by atoms with van der Waals surface area (Å²) < 4.78 is 17.0. The summed E-state index contributed by atoms with van der Waals surface area (Å²) in [6.45, 7) is 6.44. The highest BCUT2D eigenvalue weighted by Gasteiger charge is 2.19. The lowest BCUT2D eigenvalue weighted by Crippen LogP contribution is -2.30. The summed E-state index contributed by atoms with van der Waals surface area (Å²) >= 11 is 0. The Morgan fingerprint density at radius 1 is 0.269 bits per heavy atom. The van der Waals surface area contributed by atoms with Gasteiger partial charge in [0.05, 0.1) is 0 Å². The van der Waals surface area contributed by atoms with Gasteiger partial charge in [-0.15, -0.1) is 0 Å². The van der Waals surface area contributed by atoms with Crippen molar-refractivity contribution in [1.82, 2.24) is 0 Å². The molecule has 0 fully saturated rings. The normalized spacial score (nSPS) is 12.6. The van der Waals surface area contributed by atoms with Gasteiger partial charge in [-0.1, -0.05) is 311 Å². The Kier molecular flexibility index (Phi) is 63.2. The molecule has 450 valence electrons. The molecule has 78 heavy (non-hydrogen) atoms. The molecule has 0 radical (unpaired) electrons. The molecule has 0 heterocycles. The fraction of sp³-hybridized carbons (Fsp3) is 0.764. The molecule has 1 atom stereocenters. The number of carbonyl (C=O) groups excluding carboxylic acids is 3. The van der Waals surface area contributed by atoms with Crippen LogP contribution in [0.3, 0.4) is 0 Å². The van der Waals surface area contributed by atoms with E-state index in [1.807, 2.05) is 0 Å². The van der Waals surface area contributed by atoms with Crippen LogP contribution < -0.4 is 0 Å². The van der Waals surface area contributed by atoms with Gasteiger partial charge in [0.25, 0.3) is 0 Å². The molecule has 0 spiro atoms. The minimum absolute atomic E-state index is 0.0828. The number of hydrogen-bond acceptors (Lipinski definition) is 6. The van der Waals surface area contributed by atoms with Crippen molar-refractivity contribution >= 4 is 17.9 Å². The van der Waals surface area contributed by atoms with Gasteiger partial charge >= 0.3 is 17.9 Å². The molecule has 0 aliphatic rings. The van der Waals surface area contributed by atoms with E-state index in [2.05, 4.69) is 106 Å². The van der Waals surface area contributed by atoms with Crippen molar-refractivity contribution in [2.75, 3.05) is 13.2 Å². The molecular weight excluding hydrogens is 961 g/mol. The summed E-state index contributed by atoms with van der Waals surface area (Å²) in [6, 6.07) is 0. The van der Waals surface area contributed by atoms with E-state index in [-0.39, 0.29) is 31.1 Å². The molecule has 0 aromatic carbocycles. The third kappa shape index (κ3) is 63.4. The molecule has 0 rings (SSSR count). The van der Waals surface area contributed by atoms with Crippen LogP contribution in [0.4, 0.5) is 0 Å². The predicted octanol–water partition coefficient (Wildman–Crippen LogP) is 23.1. The molecule has 0 aliphatic carbocycles. The Morgan fingerprint density at radius 3 is 0.782 bits per heavy atom. The van der Waals surface area contributed by atoms with Gasteiger partial charge in [0.15, 0.2) is 6.10 Å². The van der Waals surface area contributed by atoms with Gasteiger partial charge in [-0.25, -0.2) is 0 Å². The van der Waals surface area contributed by atoms with Crippen LogP contribution in [0.15, 0.2) is 85.1 Å². The van der Waals surface area contributed by atoms with E-state index >= 15 is 0 Å². The number of ether oxygens (including phenoxy) is 3. The second kappa shape index (κ2) is 66.1. The second-order valence-corrected chi connectivity index (χ2v) is 22.3. The van der Waals surface area contributed by atoms with Crippen LogP contribution in [0.25, 0.3) is 0 Å². The fourth-order valence-corrected chi connectivity index (χ4v) is 9.69. The number of hydrogen-bond donors (Lipinski definition) is 0. The van der Waals surface area contributed by atoms with E-state index in [1.165, 1.54) is 167 Å². The van der Waals surface area contributed by atoms with Crippen molar-refractivity contribution in [3.8, 4) is 0 Å². The Bertz CT molecular complexity index is 1480. The molecule has 0 aromatic heterocycles. The van der Waals surface area contributed by atoms with E-state index in [0.29, 0.717) is 19.3 Å². The van der Waals surface area contributed by atoms with Gasteiger partial charge in [-0.3, -0.25) is 14.4 Å². The first-order valence-corrected chi connectivity index (χ1v) is 33.6. The van der Waals surface area contributed by atoms with Gasteiger partial charge in [-0.05, 0) is 89.9 Å². The molecule has 0 bridgehead atoms. The standard InChI is InChI=1S/C72H126O6/c1-4-7-10-13-16-19-22-25-28-30-32-34-35-36-38-39-41-44-47-50-53-56-59-62-65-71(74)77-68-69(67-76-70(73)64-61-58-55-52-49-46-43-27-24-21-18-15-12-9-6-3)78-72(75)66-63-60-57-54-51-48-45-42-40-37-33-31-29-26-23-20-17-14-11-8-5-2/h8-9,11-12,17-18,20-21,26-27,29,33,37,43,69H,4-7,10,13-16,19,22-25,28,30-32,34-36,38-42,44-68H2,1-3H3/b11-8-,12-9-,20-17-,21-18-,29-26-,37-33-,43-27-.